The number of nitrogens with zero attached hydrogens (tertiary/aromatic N) is 3. The first-order chi connectivity index (χ1) is 11.6. The van der Waals surface area contributed by atoms with Crippen LogP contribution in [0.2, 0.25) is 10.0 Å². The molecular weight excluding hydrogens is 347 g/mol. The maximum absolute atomic E-state index is 12.1. The summed E-state index contributed by atoms with van der Waals surface area (Å²) in [5, 5.41) is 8.08. The fourth-order valence-corrected chi connectivity index (χ4v) is 2.56. The van der Waals surface area contributed by atoms with Gasteiger partial charge in [0.25, 0.3) is 5.91 Å². The number of nitrogens with one attached hydrogen (secondary N) is 1. The highest BCUT2D eigenvalue weighted by Crippen LogP contribution is 2.20. The highest BCUT2D eigenvalue weighted by Gasteiger charge is 2.10. The van der Waals surface area contributed by atoms with Crippen LogP contribution in [0.1, 0.15) is 10.4 Å². The quantitative estimate of drug-likeness (QED) is 0.754. The Bertz CT molecular complexity index is 849. The average molecular weight is 361 g/mol. The van der Waals surface area contributed by atoms with Crippen LogP contribution in [0.15, 0.2) is 54.9 Å². The second-order valence-corrected chi connectivity index (χ2v) is 5.90. The molecule has 3 aromatic rings. The summed E-state index contributed by atoms with van der Waals surface area (Å²) in [5.74, 6) is -0.264. The summed E-state index contributed by atoms with van der Waals surface area (Å²) in [6.45, 7) is 0.960. The van der Waals surface area contributed by atoms with Gasteiger partial charge in [0, 0.05) is 24.0 Å². The second kappa shape index (κ2) is 7.47. The monoisotopic (exact) mass is 360 g/mol. The molecule has 0 atom stereocenters. The minimum absolute atomic E-state index is 0.264. The first kappa shape index (κ1) is 16.5. The first-order valence-electron chi connectivity index (χ1n) is 7.31. The van der Waals surface area contributed by atoms with Crippen molar-refractivity contribution < 1.29 is 4.79 Å². The lowest BCUT2D eigenvalue weighted by Crippen LogP contribution is -2.27. The van der Waals surface area contributed by atoms with E-state index in [0.29, 0.717) is 28.7 Å². The minimum atomic E-state index is -0.264. The molecule has 3 rings (SSSR count). The van der Waals surface area contributed by atoms with Crippen LogP contribution in [0.3, 0.4) is 0 Å². The highest BCUT2D eigenvalue weighted by molar-refractivity contribution is 6.35. The van der Waals surface area contributed by atoms with Crippen LogP contribution in [-0.2, 0) is 6.54 Å². The SMILES string of the molecule is O=C(NCCn1ccc(-c2ccccn2)n1)c1cc(Cl)ccc1Cl. The van der Waals surface area contributed by atoms with Crippen molar-refractivity contribution in [1.82, 2.24) is 20.1 Å². The van der Waals surface area contributed by atoms with Crippen molar-refractivity contribution in [3.05, 3.63) is 70.5 Å². The van der Waals surface area contributed by atoms with Gasteiger partial charge in [-0.1, -0.05) is 29.3 Å². The maximum atomic E-state index is 12.1. The van der Waals surface area contributed by atoms with E-state index in [1.807, 2.05) is 30.5 Å². The van der Waals surface area contributed by atoms with Gasteiger partial charge in [-0.25, -0.2) is 0 Å². The Morgan fingerprint density at radius 3 is 2.79 bits per heavy atom. The topological polar surface area (TPSA) is 59.8 Å². The number of rotatable bonds is 5. The number of hydrogen-bond donors (Lipinski definition) is 1. The number of aromatic nitrogens is 3. The third-order valence-corrected chi connectivity index (χ3v) is 3.93. The number of amides is 1. The second-order valence-electron chi connectivity index (χ2n) is 5.06. The number of benzene rings is 1. The van der Waals surface area contributed by atoms with Gasteiger partial charge in [-0.3, -0.25) is 14.5 Å². The number of hydrogen-bond acceptors (Lipinski definition) is 3. The number of carbonyl (C=O) groups excluding carboxylic acids is 1. The number of halogens is 2. The third kappa shape index (κ3) is 3.93. The Hall–Kier alpha value is -2.37. The standard InChI is InChI=1S/C17H14Cl2N4O/c18-12-4-5-14(19)13(11-12)17(24)21-8-10-23-9-6-16(22-23)15-3-1-2-7-20-15/h1-7,9,11H,8,10H2,(H,21,24). The molecule has 7 heteroatoms. The highest BCUT2D eigenvalue weighted by atomic mass is 35.5. The van der Waals surface area contributed by atoms with Crippen molar-refractivity contribution in [2.45, 2.75) is 6.54 Å². The molecule has 0 aliphatic carbocycles. The van der Waals surface area contributed by atoms with Gasteiger partial charge in [0.05, 0.1) is 22.8 Å². The number of carbonyl (C=O) groups is 1. The normalized spacial score (nSPS) is 10.6. The van der Waals surface area contributed by atoms with Crippen LogP contribution < -0.4 is 5.32 Å². The van der Waals surface area contributed by atoms with Gasteiger partial charge < -0.3 is 5.32 Å². The molecule has 24 heavy (non-hydrogen) atoms. The molecule has 0 aliphatic heterocycles. The lowest BCUT2D eigenvalue weighted by atomic mass is 10.2. The van der Waals surface area contributed by atoms with Gasteiger partial charge >= 0.3 is 0 Å². The van der Waals surface area contributed by atoms with E-state index in [2.05, 4.69) is 15.4 Å². The molecule has 2 heterocycles. The average Bonchev–Trinajstić information content (AvgIpc) is 3.06. The van der Waals surface area contributed by atoms with Crippen molar-refractivity contribution in [1.29, 1.82) is 0 Å². The van der Waals surface area contributed by atoms with Crippen molar-refractivity contribution in [3.8, 4) is 11.4 Å². The molecule has 0 aliphatic rings. The van der Waals surface area contributed by atoms with E-state index in [-0.39, 0.29) is 5.91 Å². The van der Waals surface area contributed by atoms with E-state index in [1.165, 1.54) is 0 Å². The molecule has 0 saturated heterocycles. The zero-order valence-electron chi connectivity index (χ0n) is 12.6. The molecule has 122 valence electrons. The summed E-state index contributed by atoms with van der Waals surface area (Å²) in [4.78, 5) is 16.4. The smallest absolute Gasteiger partial charge is 0.252 e. The molecule has 0 radical (unpaired) electrons. The maximum Gasteiger partial charge on any atom is 0.252 e. The Labute approximate surface area is 149 Å². The van der Waals surface area contributed by atoms with Gasteiger partial charge in [-0.15, -0.1) is 0 Å². The molecular formula is C17H14Cl2N4O. The predicted octanol–water partition coefficient (Wildman–Crippen LogP) is 3.68. The van der Waals surface area contributed by atoms with Crippen molar-refractivity contribution in [3.63, 3.8) is 0 Å². The molecule has 2 aromatic heterocycles. The summed E-state index contributed by atoms with van der Waals surface area (Å²) in [6, 6.07) is 12.3. The van der Waals surface area contributed by atoms with Crippen LogP contribution in [0, 0.1) is 0 Å². The van der Waals surface area contributed by atoms with Gasteiger partial charge in [-0.05, 0) is 36.4 Å². The largest absolute Gasteiger partial charge is 0.350 e. The van der Waals surface area contributed by atoms with Gasteiger partial charge in [-0.2, -0.15) is 5.10 Å². The molecule has 1 amide bonds. The van der Waals surface area contributed by atoms with Crippen LogP contribution in [0.5, 0.6) is 0 Å². The zero-order valence-corrected chi connectivity index (χ0v) is 14.1. The molecule has 0 saturated carbocycles. The van der Waals surface area contributed by atoms with E-state index in [1.54, 1.807) is 29.1 Å². The molecule has 5 nitrogen and oxygen atoms in total. The van der Waals surface area contributed by atoms with Crippen LogP contribution in [-0.4, -0.2) is 27.2 Å². The lowest BCUT2D eigenvalue weighted by Gasteiger charge is -2.07. The lowest BCUT2D eigenvalue weighted by molar-refractivity contribution is 0.0952. The predicted molar refractivity (Wildman–Crippen MR) is 94.3 cm³/mol. The van der Waals surface area contributed by atoms with E-state index < -0.39 is 0 Å². The van der Waals surface area contributed by atoms with Gasteiger partial charge in [0.1, 0.15) is 5.69 Å². The van der Waals surface area contributed by atoms with Crippen molar-refractivity contribution >= 4 is 29.1 Å². The first-order valence-corrected chi connectivity index (χ1v) is 8.07. The van der Waals surface area contributed by atoms with Crippen molar-refractivity contribution in [2.75, 3.05) is 6.54 Å². The molecule has 1 N–H and O–H groups in total. The van der Waals surface area contributed by atoms with Crippen molar-refractivity contribution in [2.24, 2.45) is 0 Å². The molecule has 0 bridgehead atoms. The van der Waals surface area contributed by atoms with Gasteiger partial charge in [0.15, 0.2) is 0 Å². The molecule has 0 fully saturated rings. The summed E-state index contributed by atoms with van der Waals surface area (Å²) >= 11 is 11.9. The van der Waals surface area contributed by atoms with Crippen LogP contribution in [0.25, 0.3) is 11.4 Å². The third-order valence-electron chi connectivity index (χ3n) is 3.37. The summed E-state index contributed by atoms with van der Waals surface area (Å²) in [7, 11) is 0. The van der Waals surface area contributed by atoms with Crippen LogP contribution >= 0.6 is 23.2 Å². The van der Waals surface area contributed by atoms with E-state index in [4.69, 9.17) is 23.2 Å². The fourth-order valence-electron chi connectivity index (χ4n) is 2.19. The minimum Gasteiger partial charge on any atom is -0.350 e. The Kier molecular flexibility index (Phi) is 5.13. The fraction of sp³-hybridized carbons (Fsp3) is 0.118. The van der Waals surface area contributed by atoms with E-state index in [9.17, 15) is 4.79 Å². The molecule has 0 spiro atoms. The summed E-state index contributed by atoms with van der Waals surface area (Å²) < 4.78 is 1.75. The summed E-state index contributed by atoms with van der Waals surface area (Å²) in [6.07, 6.45) is 3.58. The number of pyridine rings is 1. The Balaban J connectivity index is 1.58. The van der Waals surface area contributed by atoms with E-state index in [0.717, 1.165) is 11.4 Å². The Morgan fingerprint density at radius 2 is 2.00 bits per heavy atom. The van der Waals surface area contributed by atoms with Crippen LogP contribution in [0.4, 0.5) is 0 Å². The molecule has 0 unspecified atom stereocenters. The Morgan fingerprint density at radius 1 is 1.12 bits per heavy atom. The molecule has 1 aromatic carbocycles. The summed E-state index contributed by atoms with van der Waals surface area (Å²) in [5.41, 5.74) is 1.96. The van der Waals surface area contributed by atoms with Gasteiger partial charge in [0.2, 0.25) is 0 Å². The van der Waals surface area contributed by atoms with E-state index >= 15 is 0 Å². The zero-order chi connectivity index (χ0) is 16.9.